The van der Waals surface area contributed by atoms with Crippen molar-refractivity contribution in [1.29, 1.82) is 0 Å². The number of anilines is 3. The highest BCUT2D eigenvalue weighted by Gasteiger charge is 2.39. The number of hydrogen-bond acceptors (Lipinski definition) is 3. The summed E-state index contributed by atoms with van der Waals surface area (Å²) in [7, 11) is 0. The van der Waals surface area contributed by atoms with Gasteiger partial charge in [-0.25, -0.2) is 4.39 Å². The van der Waals surface area contributed by atoms with E-state index in [4.69, 9.17) is 0 Å². The van der Waals surface area contributed by atoms with Gasteiger partial charge in [-0.2, -0.15) is 13.2 Å². The molecule has 0 atom stereocenters. The van der Waals surface area contributed by atoms with Crippen LogP contribution < -0.4 is 10.2 Å². The Kier molecular flexibility index (Phi) is 5.86. The van der Waals surface area contributed by atoms with Crippen LogP contribution >= 0.6 is 0 Å². The first-order chi connectivity index (χ1) is 15.1. The van der Waals surface area contributed by atoms with Gasteiger partial charge in [0.1, 0.15) is 5.82 Å². The summed E-state index contributed by atoms with van der Waals surface area (Å²) in [6.07, 6.45) is -4.73. The molecular weight excluding hydrogens is 418 g/mol. The summed E-state index contributed by atoms with van der Waals surface area (Å²) in [4.78, 5) is 4.08. The van der Waals surface area contributed by atoms with Gasteiger partial charge in [0.25, 0.3) is 0 Å². The SMILES string of the molecule is CC1(C)CN(c2ccc(F)c(C(F)(F)F)c2)CN1Cc1ccccc1Nc1ccccc1. The summed E-state index contributed by atoms with van der Waals surface area (Å²) < 4.78 is 53.3. The Hall–Kier alpha value is -3.06. The number of para-hydroxylation sites is 2. The third kappa shape index (κ3) is 4.72. The lowest BCUT2D eigenvalue weighted by atomic mass is 10.0. The van der Waals surface area contributed by atoms with Crippen molar-refractivity contribution >= 4 is 17.1 Å². The van der Waals surface area contributed by atoms with E-state index < -0.39 is 17.6 Å². The fourth-order valence-electron chi connectivity index (χ4n) is 4.04. The van der Waals surface area contributed by atoms with Crippen molar-refractivity contribution in [3.8, 4) is 0 Å². The van der Waals surface area contributed by atoms with E-state index in [2.05, 4.69) is 24.1 Å². The molecule has 4 rings (SSSR count). The Bertz CT molecular complexity index is 1080. The van der Waals surface area contributed by atoms with Crippen LogP contribution in [0, 0.1) is 5.82 Å². The lowest BCUT2D eigenvalue weighted by molar-refractivity contribution is -0.139. The second-order valence-electron chi connectivity index (χ2n) is 8.66. The van der Waals surface area contributed by atoms with Gasteiger partial charge in [0.05, 0.1) is 12.2 Å². The maximum atomic E-state index is 13.7. The van der Waals surface area contributed by atoms with Crippen molar-refractivity contribution in [2.45, 2.75) is 32.1 Å². The molecule has 1 saturated heterocycles. The van der Waals surface area contributed by atoms with Gasteiger partial charge < -0.3 is 10.2 Å². The molecule has 3 nitrogen and oxygen atoms in total. The third-order valence-electron chi connectivity index (χ3n) is 5.83. The molecular formula is C25H25F4N3. The molecule has 0 aromatic heterocycles. The molecule has 0 bridgehead atoms. The van der Waals surface area contributed by atoms with Crippen molar-refractivity contribution < 1.29 is 17.6 Å². The van der Waals surface area contributed by atoms with Crippen LogP contribution in [0.2, 0.25) is 0 Å². The lowest BCUT2D eigenvalue weighted by Crippen LogP contribution is -2.39. The average Bonchev–Trinajstić information content (AvgIpc) is 3.04. The Morgan fingerprint density at radius 2 is 1.62 bits per heavy atom. The van der Waals surface area contributed by atoms with Crippen LogP contribution in [0.3, 0.4) is 0 Å². The van der Waals surface area contributed by atoms with E-state index in [0.717, 1.165) is 29.1 Å². The molecule has 0 unspecified atom stereocenters. The molecule has 0 spiro atoms. The molecule has 168 valence electrons. The van der Waals surface area contributed by atoms with Gasteiger partial charge >= 0.3 is 6.18 Å². The van der Waals surface area contributed by atoms with Crippen molar-refractivity contribution in [3.05, 3.63) is 89.7 Å². The number of nitrogens with zero attached hydrogens (tertiary/aromatic N) is 2. The van der Waals surface area contributed by atoms with Gasteiger partial charge in [-0.05, 0) is 55.8 Å². The van der Waals surface area contributed by atoms with Gasteiger partial charge in [-0.15, -0.1) is 0 Å². The first-order valence-corrected chi connectivity index (χ1v) is 10.4. The standard InChI is InChI=1S/C25H25F4N3/c1-24(2)16-31(20-12-13-22(26)21(14-20)25(27,28)29)17-32(24)15-18-8-6-7-11-23(18)30-19-9-4-3-5-10-19/h3-14,30H,15-17H2,1-2H3. The number of hydrogen-bond donors (Lipinski definition) is 1. The molecule has 1 N–H and O–H groups in total. The fourth-order valence-corrected chi connectivity index (χ4v) is 4.04. The minimum atomic E-state index is -4.73. The molecule has 0 saturated carbocycles. The minimum absolute atomic E-state index is 0.285. The highest BCUT2D eigenvalue weighted by molar-refractivity contribution is 5.63. The molecule has 3 aromatic carbocycles. The van der Waals surface area contributed by atoms with Crippen molar-refractivity contribution in [2.24, 2.45) is 0 Å². The van der Waals surface area contributed by atoms with Crippen LogP contribution in [0.1, 0.15) is 25.0 Å². The Balaban J connectivity index is 1.56. The zero-order valence-electron chi connectivity index (χ0n) is 18.0. The Morgan fingerprint density at radius 3 is 2.34 bits per heavy atom. The fraction of sp³-hybridized carbons (Fsp3) is 0.280. The zero-order chi connectivity index (χ0) is 22.9. The average molecular weight is 443 g/mol. The van der Waals surface area contributed by atoms with Crippen LogP contribution in [0.25, 0.3) is 0 Å². The monoisotopic (exact) mass is 443 g/mol. The molecule has 1 aliphatic rings. The maximum Gasteiger partial charge on any atom is 0.419 e. The number of rotatable bonds is 5. The Morgan fingerprint density at radius 1 is 0.938 bits per heavy atom. The molecule has 0 amide bonds. The maximum absolute atomic E-state index is 13.7. The second-order valence-corrected chi connectivity index (χ2v) is 8.66. The molecule has 3 aromatic rings. The lowest BCUT2D eigenvalue weighted by Gasteiger charge is -2.30. The molecule has 0 aliphatic carbocycles. The van der Waals surface area contributed by atoms with Gasteiger partial charge in [-0.3, -0.25) is 4.90 Å². The van der Waals surface area contributed by atoms with E-state index in [1.807, 2.05) is 59.5 Å². The quantitative estimate of drug-likeness (QED) is 0.446. The number of halogens is 4. The first-order valence-electron chi connectivity index (χ1n) is 10.4. The molecule has 1 fully saturated rings. The van der Waals surface area contributed by atoms with Crippen molar-refractivity contribution in [1.82, 2.24) is 4.90 Å². The van der Waals surface area contributed by atoms with Gasteiger partial charge in [0, 0.05) is 35.7 Å². The van der Waals surface area contributed by atoms with E-state index in [9.17, 15) is 17.6 Å². The van der Waals surface area contributed by atoms with Crippen molar-refractivity contribution in [2.75, 3.05) is 23.4 Å². The summed E-state index contributed by atoms with van der Waals surface area (Å²) in [5.41, 5.74) is 1.89. The van der Waals surface area contributed by atoms with E-state index in [1.54, 1.807) is 0 Å². The largest absolute Gasteiger partial charge is 0.419 e. The minimum Gasteiger partial charge on any atom is -0.357 e. The van der Waals surface area contributed by atoms with Gasteiger partial charge in [0.15, 0.2) is 0 Å². The molecule has 0 radical (unpaired) electrons. The van der Waals surface area contributed by atoms with Crippen molar-refractivity contribution in [3.63, 3.8) is 0 Å². The molecule has 32 heavy (non-hydrogen) atoms. The highest BCUT2D eigenvalue weighted by Crippen LogP contribution is 2.37. The van der Waals surface area contributed by atoms with Crippen LogP contribution in [-0.2, 0) is 12.7 Å². The van der Waals surface area contributed by atoms with E-state index >= 15 is 0 Å². The summed E-state index contributed by atoms with van der Waals surface area (Å²) in [5.74, 6) is -1.25. The topological polar surface area (TPSA) is 18.5 Å². The number of nitrogens with one attached hydrogen (secondary N) is 1. The van der Waals surface area contributed by atoms with Crippen LogP contribution in [-0.4, -0.2) is 23.7 Å². The van der Waals surface area contributed by atoms with Crippen LogP contribution in [0.15, 0.2) is 72.8 Å². The summed E-state index contributed by atoms with van der Waals surface area (Å²) in [6.45, 7) is 5.72. The second kappa shape index (κ2) is 8.47. The van der Waals surface area contributed by atoms with Gasteiger partial charge in [-0.1, -0.05) is 36.4 Å². The normalized spacial score (nSPS) is 16.4. The molecule has 1 heterocycles. The first kappa shape index (κ1) is 22.1. The van der Waals surface area contributed by atoms with E-state index in [1.165, 1.54) is 6.07 Å². The third-order valence-corrected chi connectivity index (χ3v) is 5.83. The number of alkyl halides is 3. The summed E-state index contributed by atoms with van der Waals surface area (Å²) in [5, 5.41) is 3.44. The smallest absolute Gasteiger partial charge is 0.357 e. The van der Waals surface area contributed by atoms with E-state index in [0.29, 0.717) is 25.4 Å². The molecule has 7 heteroatoms. The summed E-state index contributed by atoms with van der Waals surface area (Å²) >= 11 is 0. The predicted octanol–water partition coefficient (Wildman–Crippen LogP) is 6.65. The van der Waals surface area contributed by atoms with E-state index in [-0.39, 0.29) is 5.54 Å². The van der Waals surface area contributed by atoms with Crippen LogP contribution in [0.4, 0.5) is 34.6 Å². The zero-order valence-corrected chi connectivity index (χ0v) is 18.0. The Labute approximate surface area is 185 Å². The number of benzene rings is 3. The van der Waals surface area contributed by atoms with Crippen LogP contribution in [0.5, 0.6) is 0 Å². The predicted molar refractivity (Wildman–Crippen MR) is 119 cm³/mol. The molecule has 1 aliphatic heterocycles. The van der Waals surface area contributed by atoms with Gasteiger partial charge in [0.2, 0.25) is 0 Å². The summed E-state index contributed by atoms with van der Waals surface area (Å²) in [6, 6.07) is 21.1. The highest BCUT2D eigenvalue weighted by atomic mass is 19.4.